The van der Waals surface area contributed by atoms with E-state index in [-0.39, 0.29) is 11.9 Å². The predicted molar refractivity (Wildman–Crippen MR) is 68.7 cm³/mol. The Balaban J connectivity index is 1.97. The number of carbonyl (C=O) groups excluding carboxylic acids is 1. The number of amides is 1. The van der Waals surface area contributed by atoms with E-state index in [9.17, 15) is 4.79 Å². The Kier molecular flexibility index (Phi) is 4.05. The van der Waals surface area contributed by atoms with Crippen molar-refractivity contribution < 1.29 is 4.79 Å². The molecule has 2 N–H and O–H groups in total. The lowest BCUT2D eigenvalue weighted by molar-refractivity contribution is -0.138. The van der Waals surface area contributed by atoms with Crippen LogP contribution in [0.3, 0.4) is 0 Å². The number of rotatable bonds is 3. The van der Waals surface area contributed by atoms with Crippen molar-refractivity contribution in [1.29, 1.82) is 0 Å². The largest absolute Gasteiger partial charge is 0.336 e. The van der Waals surface area contributed by atoms with Gasteiger partial charge >= 0.3 is 0 Å². The highest BCUT2D eigenvalue weighted by Crippen LogP contribution is 2.25. The van der Waals surface area contributed by atoms with Gasteiger partial charge in [0.05, 0.1) is 6.04 Å². The summed E-state index contributed by atoms with van der Waals surface area (Å²) in [4.78, 5) is 16.8. The third kappa shape index (κ3) is 2.63. The molecule has 3 atom stereocenters. The number of fused-ring (bicyclic) bond motifs is 1. The molecule has 0 bridgehead atoms. The van der Waals surface area contributed by atoms with E-state index >= 15 is 0 Å². The van der Waals surface area contributed by atoms with Crippen molar-refractivity contribution in [1.82, 2.24) is 9.80 Å². The van der Waals surface area contributed by atoms with Crippen molar-refractivity contribution in [2.75, 3.05) is 19.6 Å². The molecule has 0 aliphatic carbocycles. The summed E-state index contributed by atoms with van der Waals surface area (Å²) in [6.45, 7) is 7.33. The van der Waals surface area contributed by atoms with Gasteiger partial charge in [-0.2, -0.15) is 0 Å². The van der Waals surface area contributed by atoms with Crippen molar-refractivity contribution >= 4 is 5.91 Å². The van der Waals surface area contributed by atoms with Crippen LogP contribution in [0.25, 0.3) is 0 Å². The van der Waals surface area contributed by atoms with Gasteiger partial charge in [-0.1, -0.05) is 13.3 Å². The lowest BCUT2D eigenvalue weighted by Gasteiger charge is -2.43. The van der Waals surface area contributed by atoms with Crippen LogP contribution in [-0.4, -0.2) is 53.5 Å². The monoisotopic (exact) mass is 239 g/mol. The van der Waals surface area contributed by atoms with Crippen LogP contribution >= 0.6 is 0 Å². The van der Waals surface area contributed by atoms with Gasteiger partial charge < -0.3 is 10.6 Å². The van der Waals surface area contributed by atoms with E-state index in [4.69, 9.17) is 5.73 Å². The van der Waals surface area contributed by atoms with E-state index < -0.39 is 0 Å². The fraction of sp³-hybridized carbons (Fsp3) is 0.923. The number of hydrogen-bond donors (Lipinski definition) is 1. The molecule has 98 valence electrons. The number of nitrogens with zero attached hydrogens (tertiary/aromatic N) is 2. The SMILES string of the molecule is CCCC(N)C(=O)N1CC2CCCN2CC1C. The summed E-state index contributed by atoms with van der Waals surface area (Å²) in [7, 11) is 0. The summed E-state index contributed by atoms with van der Waals surface area (Å²) < 4.78 is 0. The first-order valence-electron chi connectivity index (χ1n) is 6.93. The molecule has 2 aliphatic rings. The molecule has 0 radical (unpaired) electrons. The normalized spacial score (nSPS) is 31.4. The van der Waals surface area contributed by atoms with E-state index in [0.717, 1.165) is 25.9 Å². The van der Waals surface area contributed by atoms with Crippen LogP contribution in [0.1, 0.15) is 39.5 Å². The molecule has 0 aromatic heterocycles. The highest BCUT2D eigenvalue weighted by molar-refractivity contribution is 5.82. The predicted octanol–water partition coefficient (Wildman–Crippen LogP) is 0.809. The van der Waals surface area contributed by atoms with Crippen LogP contribution in [0.5, 0.6) is 0 Å². The second kappa shape index (κ2) is 5.36. The van der Waals surface area contributed by atoms with Gasteiger partial charge in [0, 0.05) is 25.2 Å². The molecule has 0 aromatic carbocycles. The lowest BCUT2D eigenvalue weighted by atomic mass is 10.0. The van der Waals surface area contributed by atoms with Crippen molar-refractivity contribution in [3.8, 4) is 0 Å². The smallest absolute Gasteiger partial charge is 0.239 e. The van der Waals surface area contributed by atoms with Gasteiger partial charge in [-0.05, 0) is 32.7 Å². The molecular weight excluding hydrogens is 214 g/mol. The molecule has 2 aliphatic heterocycles. The lowest BCUT2D eigenvalue weighted by Crippen LogP contribution is -2.59. The van der Waals surface area contributed by atoms with Crippen molar-refractivity contribution in [2.45, 2.75) is 57.7 Å². The molecule has 0 spiro atoms. The van der Waals surface area contributed by atoms with E-state index in [1.807, 2.05) is 4.90 Å². The zero-order valence-electron chi connectivity index (χ0n) is 11.1. The van der Waals surface area contributed by atoms with Gasteiger partial charge in [0.1, 0.15) is 0 Å². The van der Waals surface area contributed by atoms with E-state index in [0.29, 0.717) is 12.1 Å². The van der Waals surface area contributed by atoms with Gasteiger partial charge in [-0.15, -0.1) is 0 Å². The minimum Gasteiger partial charge on any atom is -0.336 e. The summed E-state index contributed by atoms with van der Waals surface area (Å²) in [6, 6.07) is 0.610. The summed E-state index contributed by atoms with van der Waals surface area (Å²) >= 11 is 0. The first-order chi connectivity index (χ1) is 8.13. The van der Waals surface area contributed by atoms with Gasteiger partial charge in [-0.3, -0.25) is 9.69 Å². The molecule has 0 saturated carbocycles. The number of hydrogen-bond acceptors (Lipinski definition) is 3. The Bertz CT molecular complexity index is 282. The molecule has 4 heteroatoms. The Morgan fingerprint density at radius 1 is 1.47 bits per heavy atom. The quantitative estimate of drug-likeness (QED) is 0.793. The first kappa shape index (κ1) is 12.8. The second-order valence-electron chi connectivity index (χ2n) is 5.53. The third-order valence-electron chi connectivity index (χ3n) is 4.14. The summed E-state index contributed by atoms with van der Waals surface area (Å²) in [5.74, 6) is 0.158. The maximum absolute atomic E-state index is 12.3. The topological polar surface area (TPSA) is 49.6 Å². The van der Waals surface area contributed by atoms with Crippen molar-refractivity contribution in [3.63, 3.8) is 0 Å². The molecule has 2 fully saturated rings. The maximum Gasteiger partial charge on any atom is 0.239 e. The van der Waals surface area contributed by atoms with Crippen LogP contribution in [0, 0.1) is 0 Å². The Labute approximate surface area is 104 Å². The molecule has 2 heterocycles. The van der Waals surface area contributed by atoms with Gasteiger partial charge in [0.15, 0.2) is 0 Å². The molecule has 1 amide bonds. The van der Waals surface area contributed by atoms with E-state index in [1.54, 1.807) is 0 Å². The van der Waals surface area contributed by atoms with E-state index in [1.165, 1.54) is 19.4 Å². The molecule has 2 rings (SSSR count). The zero-order chi connectivity index (χ0) is 12.4. The highest BCUT2D eigenvalue weighted by atomic mass is 16.2. The van der Waals surface area contributed by atoms with Gasteiger partial charge in [0.2, 0.25) is 5.91 Å². The number of nitrogens with two attached hydrogens (primary N) is 1. The molecule has 0 aromatic rings. The van der Waals surface area contributed by atoms with Crippen molar-refractivity contribution in [3.05, 3.63) is 0 Å². The van der Waals surface area contributed by atoms with Crippen LogP contribution in [-0.2, 0) is 4.79 Å². The number of piperazine rings is 1. The number of carbonyl (C=O) groups is 1. The van der Waals surface area contributed by atoms with Gasteiger partial charge in [0.25, 0.3) is 0 Å². The summed E-state index contributed by atoms with van der Waals surface area (Å²) in [6.07, 6.45) is 4.29. The zero-order valence-corrected chi connectivity index (χ0v) is 11.1. The van der Waals surface area contributed by atoms with Crippen LogP contribution in [0.15, 0.2) is 0 Å². The minimum absolute atomic E-state index is 0.158. The summed E-state index contributed by atoms with van der Waals surface area (Å²) in [5.41, 5.74) is 5.95. The second-order valence-corrected chi connectivity index (χ2v) is 5.53. The molecule has 2 saturated heterocycles. The fourth-order valence-corrected chi connectivity index (χ4v) is 3.14. The van der Waals surface area contributed by atoms with Crippen molar-refractivity contribution in [2.24, 2.45) is 5.73 Å². The molecule has 17 heavy (non-hydrogen) atoms. The maximum atomic E-state index is 12.3. The summed E-state index contributed by atoms with van der Waals surface area (Å²) in [5, 5.41) is 0. The molecule has 3 unspecified atom stereocenters. The van der Waals surface area contributed by atoms with Crippen LogP contribution < -0.4 is 5.73 Å². The first-order valence-corrected chi connectivity index (χ1v) is 6.93. The highest BCUT2D eigenvalue weighted by Gasteiger charge is 2.37. The Morgan fingerprint density at radius 2 is 2.24 bits per heavy atom. The van der Waals surface area contributed by atoms with Crippen LogP contribution in [0.2, 0.25) is 0 Å². The molecular formula is C13H25N3O. The van der Waals surface area contributed by atoms with Gasteiger partial charge in [-0.25, -0.2) is 0 Å². The standard InChI is InChI=1S/C13H25N3O/c1-3-5-12(14)13(17)16-9-11-6-4-7-15(11)8-10(16)2/h10-12H,3-9,14H2,1-2H3. The molecule has 4 nitrogen and oxygen atoms in total. The fourth-order valence-electron chi connectivity index (χ4n) is 3.14. The Hall–Kier alpha value is -0.610. The third-order valence-corrected chi connectivity index (χ3v) is 4.14. The average Bonchev–Trinajstić information content (AvgIpc) is 2.74. The average molecular weight is 239 g/mol. The minimum atomic E-state index is -0.296. The van der Waals surface area contributed by atoms with Crippen LogP contribution in [0.4, 0.5) is 0 Å². The van der Waals surface area contributed by atoms with E-state index in [2.05, 4.69) is 18.7 Å². The Morgan fingerprint density at radius 3 is 2.94 bits per heavy atom.